The van der Waals surface area contributed by atoms with Gasteiger partial charge in [0.05, 0.1) is 25.7 Å². The first-order valence-electron chi connectivity index (χ1n) is 8.41. The Morgan fingerprint density at radius 1 is 1.31 bits per heavy atom. The third kappa shape index (κ3) is 4.63. The van der Waals surface area contributed by atoms with Crippen molar-refractivity contribution in [3.8, 4) is 11.5 Å². The predicted molar refractivity (Wildman–Crippen MR) is 103 cm³/mol. The Hall–Kier alpha value is -1.45. The molecule has 0 spiro atoms. The van der Waals surface area contributed by atoms with Gasteiger partial charge in [0.1, 0.15) is 16.9 Å². The first-order chi connectivity index (χ1) is 12.3. The summed E-state index contributed by atoms with van der Waals surface area (Å²) in [7, 11) is 1.45. The van der Waals surface area contributed by atoms with Gasteiger partial charge in [-0.05, 0) is 24.6 Å². The van der Waals surface area contributed by atoms with Gasteiger partial charge in [-0.3, -0.25) is 4.79 Å². The van der Waals surface area contributed by atoms with E-state index in [2.05, 4.69) is 0 Å². The van der Waals surface area contributed by atoms with E-state index >= 15 is 0 Å². The van der Waals surface area contributed by atoms with Crippen molar-refractivity contribution < 1.29 is 22.7 Å². The number of likely N-dealkylation sites (N-methyl/N-ethyl adjacent to an activating group) is 1. The van der Waals surface area contributed by atoms with Crippen molar-refractivity contribution in [3.05, 3.63) is 23.8 Å². The molecular formula is C17H26N2O5S2. The maximum absolute atomic E-state index is 12.4. The summed E-state index contributed by atoms with van der Waals surface area (Å²) in [6.07, 6.45) is 0.564. The molecule has 1 saturated heterocycles. The monoisotopic (exact) mass is 402 g/mol. The van der Waals surface area contributed by atoms with Crippen molar-refractivity contribution >= 4 is 27.7 Å². The molecule has 1 heterocycles. The predicted octanol–water partition coefficient (Wildman–Crippen LogP) is 1.95. The molecular weight excluding hydrogens is 376 g/mol. The number of hydrogen-bond donors (Lipinski definition) is 0. The minimum atomic E-state index is -3.28. The number of methoxy groups -OCH3 is 2. The van der Waals surface area contributed by atoms with Crippen molar-refractivity contribution in [2.24, 2.45) is 0 Å². The third-order valence-corrected chi connectivity index (χ3v) is 7.56. The number of ether oxygens (including phenoxy) is 2. The second-order valence-electron chi connectivity index (χ2n) is 6.00. The summed E-state index contributed by atoms with van der Waals surface area (Å²) in [5.74, 6) is 1.82. The van der Waals surface area contributed by atoms with E-state index in [0.29, 0.717) is 30.2 Å². The van der Waals surface area contributed by atoms with Crippen LogP contribution in [0, 0.1) is 0 Å². The second kappa shape index (κ2) is 8.96. The number of nitrogens with zero attached hydrogens (tertiary/aromatic N) is 2. The van der Waals surface area contributed by atoms with E-state index < -0.39 is 10.0 Å². The molecule has 146 valence electrons. The number of carbonyl (C=O) groups is 1. The largest absolute Gasteiger partial charge is 0.497 e. The molecule has 0 aromatic heterocycles. The molecule has 7 nitrogen and oxygen atoms in total. The molecule has 0 aliphatic carbocycles. The molecule has 2 rings (SSSR count). The molecule has 1 fully saturated rings. The molecule has 0 radical (unpaired) electrons. The molecule has 1 aromatic carbocycles. The van der Waals surface area contributed by atoms with Gasteiger partial charge in [0, 0.05) is 25.7 Å². The minimum absolute atomic E-state index is 0.00818. The van der Waals surface area contributed by atoms with Gasteiger partial charge in [-0.1, -0.05) is 6.92 Å². The number of carbonyl (C=O) groups excluding carboxylic acids is 1. The second-order valence-corrected chi connectivity index (χ2v) is 9.26. The van der Waals surface area contributed by atoms with Crippen LogP contribution < -0.4 is 9.47 Å². The van der Waals surface area contributed by atoms with Crippen LogP contribution in [0.15, 0.2) is 18.2 Å². The molecule has 1 aliphatic rings. The van der Waals surface area contributed by atoms with Crippen molar-refractivity contribution in [2.45, 2.75) is 18.7 Å². The van der Waals surface area contributed by atoms with Crippen molar-refractivity contribution in [1.29, 1.82) is 0 Å². The number of rotatable bonds is 9. The number of sulfonamides is 1. The van der Waals surface area contributed by atoms with Crippen molar-refractivity contribution in [1.82, 2.24) is 9.21 Å². The van der Waals surface area contributed by atoms with Crippen molar-refractivity contribution in [3.63, 3.8) is 0 Å². The van der Waals surface area contributed by atoms with E-state index in [1.54, 1.807) is 32.2 Å². The van der Waals surface area contributed by atoms with Crippen LogP contribution in [-0.4, -0.2) is 69.4 Å². The van der Waals surface area contributed by atoms with Gasteiger partial charge in [-0.15, -0.1) is 11.8 Å². The molecule has 1 atom stereocenters. The fraction of sp³-hybridized carbons (Fsp3) is 0.588. The lowest BCUT2D eigenvalue weighted by Crippen LogP contribution is -2.39. The van der Waals surface area contributed by atoms with Crippen LogP contribution in [0.2, 0.25) is 0 Å². The third-order valence-electron chi connectivity index (χ3n) is 4.26. The van der Waals surface area contributed by atoms with E-state index in [9.17, 15) is 13.2 Å². The van der Waals surface area contributed by atoms with Crippen LogP contribution in [-0.2, 0) is 14.8 Å². The molecule has 0 saturated carbocycles. The Balaban J connectivity index is 2.19. The van der Waals surface area contributed by atoms with E-state index in [-0.39, 0.29) is 23.6 Å². The highest BCUT2D eigenvalue weighted by molar-refractivity contribution is 8.00. The van der Waals surface area contributed by atoms with E-state index in [4.69, 9.17) is 9.47 Å². The summed E-state index contributed by atoms with van der Waals surface area (Å²) < 4.78 is 36.3. The molecule has 9 heteroatoms. The molecule has 1 unspecified atom stereocenters. The molecule has 0 N–H and O–H groups in total. The van der Waals surface area contributed by atoms with Gasteiger partial charge in [0.2, 0.25) is 15.9 Å². The van der Waals surface area contributed by atoms with Crippen LogP contribution in [0.1, 0.15) is 24.3 Å². The quantitative estimate of drug-likeness (QED) is 0.628. The topological polar surface area (TPSA) is 76.2 Å². The number of amides is 1. The van der Waals surface area contributed by atoms with Crippen LogP contribution in [0.25, 0.3) is 0 Å². The SMILES string of the molecule is CCCS(=O)(=O)N(C)CCN1C(=O)CSC1c1cc(OC)ccc1OC. The number of thioether (sulfide) groups is 1. The van der Waals surface area contributed by atoms with Crippen LogP contribution >= 0.6 is 11.8 Å². The zero-order valence-corrected chi connectivity index (χ0v) is 17.2. The summed E-state index contributed by atoms with van der Waals surface area (Å²) in [6.45, 7) is 2.42. The van der Waals surface area contributed by atoms with Crippen LogP contribution in [0.5, 0.6) is 11.5 Å². The average Bonchev–Trinajstić information content (AvgIpc) is 2.99. The van der Waals surface area contributed by atoms with E-state index in [1.807, 2.05) is 19.1 Å². The summed E-state index contributed by atoms with van der Waals surface area (Å²) in [5, 5.41) is -0.227. The average molecular weight is 403 g/mol. The Labute approximate surface area is 159 Å². The first kappa shape index (κ1) is 20.9. The standard InChI is InChI=1S/C17H26N2O5S2/c1-5-10-26(21,22)18(2)8-9-19-16(20)12-25-17(19)14-11-13(23-3)6-7-15(14)24-4/h6-7,11,17H,5,8-10,12H2,1-4H3. The molecule has 0 bridgehead atoms. The highest BCUT2D eigenvalue weighted by Crippen LogP contribution is 2.43. The normalized spacial score (nSPS) is 17.8. The van der Waals surface area contributed by atoms with Gasteiger partial charge < -0.3 is 14.4 Å². The Morgan fingerprint density at radius 3 is 2.65 bits per heavy atom. The van der Waals surface area contributed by atoms with Gasteiger partial charge in [-0.2, -0.15) is 0 Å². The van der Waals surface area contributed by atoms with Gasteiger partial charge in [0.25, 0.3) is 0 Å². The zero-order chi connectivity index (χ0) is 19.3. The fourth-order valence-electron chi connectivity index (χ4n) is 2.79. The summed E-state index contributed by atoms with van der Waals surface area (Å²) in [5.41, 5.74) is 0.849. The summed E-state index contributed by atoms with van der Waals surface area (Å²) in [4.78, 5) is 14.1. The minimum Gasteiger partial charge on any atom is -0.497 e. The molecule has 1 aliphatic heterocycles. The lowest BCUT2D eigenvalue weighted by atomic mass is 10.1. The Kier molecular flexibility index (Phi) is 7.19. The smallest absolute Gasteiger partial charge is 0.233 e. The first-order valence-corrected chi connectivity index (χ1v) is 11.1. The summed E-state index contributed by atoms with van der Waals surface area (Å²) in [6, 6.07) is 5.48. The maximum Gasteiger partial charge on any atom is 0.233 e. The zero-order valence-electron chi connectivity index (χ0n) is 15.6. The molecule has 1 aromatic rings. The maximum atomic E-state index is 12.4. The van der Waals surface area contributed by atoms with Gasteiger partial charge >= 0.3 is 0 Å². The fourth-order valence-corrected chi connectivity index (χ4v) is 5.21. The number of benzene rings is 1. The van der Waals surface area contributed by atoms with Crippen LogP contribution in [0.3, 0.4) is 0 Å². The van der Waals surface area contributed by atoms with Crippen LogP contribution in [0.4, 0.5) is 0 Å². The van der Waals surface area contributed by atoms with Gasteiger partial charge in [0.15, 0.2) is 0 Å². The highest BCUT2D eigenvalue weighted by Gasteiger charge is 2.35. The Bertz CT molecular complexity index is 739. The Morgan fingerprint density at radius 2 is 2.04 bits per heavy atom. The summed E-state index contributed by atoms with van der Waals surface area (Å²) >= 11 is 1.50. The lowest BCUT2D eigenvalue weighted by molar-refractivity contribution is -0.128. The molecule has 26 heavy (non-hydrogen) atoms. The van der Waals surface area contributed by atoms with E-state index in [1.165, 1.54) is 16.1 Å². The van der Waals surface area contributed by atoms with Crippen molar-refractivity contribution in [2.75, 3.05) is 45.9 Å². The lowest BCUT2D eigenvalue weighted by Gasteiger charge is -2.27. The molecule has 1 amide bonds. The van der Waals surface area contributed by atoms with Gasteiger partial charge in [-0.25, -0.2) is 12.7 Å². The number of hydrogen-bond acceptors (Lipinski definition) is 6. The highest BCUT2D eigenvalue weighted by atomic mass is 32.2. The van der Waals surface area contributed by atoms with E-state index in [0.717, 1.165) is 5.56 Å².